The second kappa shape index (κ2) is 7.32. The molecule has 0 aliphatic heterocycles. The van der Waals surface area contributed by atoms with Crippen LogP contribution < -0.4 is 11.1 Å². The Morgan fingerprint density at radius 2 is 2.28 bits per heavy atom. The minimum absolute atomic E-state index is 0.0138. The summed E-state index contributed by atoms with van der Waals surface area (Å²) in [5.74, 6) is 0.169. The lowest BCUT2D eigenvalue weighted by Crippen LogP contribution is -2.27. The number of nitrogens with zero attached hydrogens (tertiary/aromatic N) is 1. The van der Waals surface area contributed by atoms with Gasteiger partial charge in [-0.15, -0.1) is 0 Å². The van der Waals surface area contributed by atoms with Crippen molar-refractivity contribution in [2.24, 2.45) is 10.9 Å². The number of amidine groups is 1. The molecule has 0 aliphatic rings. The van der Waals surface area contributed by atoms with E-state index in [4.69, 9.17) is 10.9 Å². The first kappa shape index (κ1) is 14.0. The van der Waals surface area contributed by atoms with E-state index in [1.165, 1.54) is 0 Å². The molecule has 0 radical (unpaired) electrons. The van der Waals surface area contributed by atoms with Crippen LogP contribution >= 0.6 is 0 Å². The SMILES string of the molecule is Cc1cccc(CC(=O)NCCCC(N)=NO)c1. The van der Waals surface area contributed by atoms with Gasteiger partial charge in [-0.25, -0.2) is 0 Å². The van der Waals surface area contributed by atoms with Crippen LogP contribution in [0, 0.1) is 6.92 Å². The zero-order valence-electron chi connectivity index (χ0n) is 10.5. The lowest BCUT2D eigenvalue weighted by Gasteiger charge is -2.05. The van der Waals surface area contributed by atoms with Gasteiger partial charge in [0, 0.05) is 13.0 Å². The van der Waals surface area contributed by atoms with Crippen molar-refractivity contribution < 1.29 is 10.0 Å². The van der Waals surface area contributed by atoms with Crippen molar-refractivity contribution in [2.75, 3.05) is 6.54 Å². The Bertz CT molecular complexity index is 430. The Labute approximate surface area is 107 Å². The first-order valence-electron chi connectivity index (χ1n) is 5.90. The quantitative estimate of drug-likeness (QED) is 0.232. The average molecular weight is 249 g/mol. The zero-order chi connectivity index (χ0) is 13.4. The molecule has 0 saturated heterocycles. The summed E-state index contributed by atoms with van der Waals surface area (Å²) in [5.41, 5.74) is 7.47. The number of aryl methyl sites for hydroxylation is 1. The maximum absolute atomic E-state index is 11.6. The molecule has 0 fully saturated rings. The van der Waals surface area contributed by atoms with E-state index >= 15 is 0 Å². The van der Waals surface area contributed by atoms with Crippen molar-refractivity contribution in [1.29, 1.82) is 0 Å². The summed E-state index contributed by atoms with van der Waals surface area (Å²) >= 11 is 0. The molecule has 98 valence electrons. The van der Waals surface area contributed by atoms with Gasteiger partial charge in [-0.1, -0.05) is 35.0 Å². The van der Waals surface area contributed by atoms with Crippen molar-refractivity contribution in [3.63, 3.8) is 0 Å². The molecule has 1 aromatic carbocycles. The van der Waals surface area contributed by atoms with Gasteiger partial charge in [0.25, 0.3) is 0 Å². The largest absolute Gasteiger partial charge is 0.409 e. The van der Waals surface area contributed by atoms with Crippen LogP contribution in [0.1, 0.15) is 24.0 Å². The number of oxime groups is 1. The number of rotatable bonds is 6. The Hall–Kier alpha value is -2.04. The lowest BCUT2D eigenvalue weighted by molar-refractivity contribution is -0.120. The Morgan fingerprint density at radius 1 is 1.50 bits per heavy atom. The molecule has 0 saturated carbocycles. The highest BCUT2D eigenvalue weighted by molar-refractivity contribution is 5.80. The van der Waals surface area contributed by atoms with Gasteiger partial charge in [0.2, 0.25) is 5.91 Å². The molecule has 0 unspecified atom stereocenters. The third-order valence-corrected chi connectivity index (χ3v) is 2.51. The molecule has 5 nitrogen and oxygen atoms in total. The summed E-state index contributed by atoms with van der Waals surface area (Å²) in [7, 11) is 0. The molecule has 4 N–H and O–H groups in total. The molecule has 18 heavy (non-hydrogen) atoms. The van der Waals surface area contributed by atoms with Crippen LogP contribution in [0.3, 0.4) is 0 Å². The van der Waals surface area contributed by atoms with Crippen molar-refractivity contribution in [2.45, 2.75) is 26.2 Å². The van der Waals surface area contributed by atoms with Crippen LogP contribution in [0.25, 0.3) is 0 Å². The highest BCUT2D eigenvalue weighted by Crippen LogP contribution is 2.04. The van der Waals surface area contributed by atoms with Gasteiger partial charge in [-0.3, -0.25) is 4.79 Å². The van der Waals surface area contributed by atoms with Gasteiger partial charge in [0.1, 0.15) is 5.84 Å². The summed E-state index contributed by atoms with van der Waals surface area (Å²) in [6.45, 7) is 2.53. The van der Waals surface area contributed by atoms with E-state index in [0.29, 0.717) is 25.8 Å². The third kappa shape index (κ3) is 5.34. The van der Waals surface area contributed by atoms with E-state index < -0.39 is 0 Å². The molecule has 0 aromatic heterocycles. The van der Waals surface area contributed by atoms with Crippen molar-refractivity contribution in [1.82, 2.24) is 5.32 Å². The van der Waals surface area contributed by atoms with Gasteiger partial charge in [-0.05, 0) is 18.9 Å². The van der Waals surface area contributed by atoms with E-state index in [9.17, 15) is 4.79 Å². The highest BCUT2D eigenvalue weighted by Gasteiger charge is 2.03. The first-order chi connectivity index (χ1) is 8.61. The van der Waals surface area contributed by atoms with Crippen LogP contribution in [0.5, 0.6) is 0 Å². The minimum atomic E-state index is -0.0138. The predicted molar refractivity (Wildman–Crippen MR) is 70.5 cm³/mol. The summed E-state index contributed by atoms with van der Waals surface area (Å²) in [4.78, 5) is 11.6. The number of benzene rings is 1. The number of nitrogens with two attached hydrogens (primary N) is 1. The molecule has 1 aromatic rings. The van der Waals surface area contributed by atoms with Gasteiger partial charge < -0.3 is 16.3 Å². The standard InChI is InChI=1S/C13H19N3O2/c1-10-4-2-5-11(8-10)9-13(17)15-7-3-6-12(14)16-18/h2,4-5,8,18H,3,6-7,9H2,1H3,(H2,14,16)(H,15,17). The van der Waals surface area contributed by atoms with Gasteiger partial charge in [0.05, 0.1) is 6.42 Å². The lowest BCUT2D eigenvalue weighted by atomic mass is 10.1. The molecule has 1 amide bonds. The third-order valence-electron chi connectivity index (χ3n) is 2.51. The normalized spacial score (nSPS) is 11.3. The maximum atomic E-state index is 11.6. The fraction of sp³-hybridized carbons (Fsp3) is 0.385. The summed E-state index contributed by atoms with van der Waals surface area (Å²) in [6.07, 6.45) is 1.52. The predicted octanol–water partition coefficient (Wildman–Crippen LogP) is 1.18. The molecule has 0 bridgehead atoms. The van der Waals surface area contributed by atoms with E-state index in [1.54, 1.807) is 0 Å². The van der Waals surface area contributed by atoms with Crippen LogP contribution in [-0.4, -0.2) is 23.5 Å². The number of carbonyl (C=O) groups is 1. The summed E-state index contributed by atoms with van der Waals surface area (Å²) < 4.78 is 0. The van der Waals surface area contributed by atoms with Crippen molar-refractivity contribution in [3.8, 4) is 0 Å². The Balaban J connectivity index is 2.26. The maximum Gasteiger partial charge on any atom is 0.224 e. The second-order valence-electron chi connectivity index (χ2n) is 4.21. The first-order valence-corrected chi connectivity index (χ1v) is 5.90. The molecule has 0 aliphatic carbocycles. The molecule has 0 atom stereocenters. The van der Waals surface area contributed by atoms with Crippen molar-refractivity contribution in [3.05, 3.63) is 35.4 Å². The number of carbonyl (C=O) groups excluding carboxylic acids is 1. The topological polar surface area (TPSA) is 87.7 Å². The van der Waals surface area contributed by atoms with E-state index in [1.807, 2.05) is 31.2 Å². The van der Waals surface area contributed by atoms with Gasteiger partial charge >= 0.3 is 0 Å². The fourth-order valence-corrected chi connectivity index (χ4v) is 1.62. The molecule has 0 heterocycles. The Morgan fingerprint density at radius 3 is 2.94 bits per heavy atom. The number of nitrogens with one attached hydrogen (secondary N) is 1. The number of amides is 1. The number of hydrogen-bond acceptors (Lipinski definition) is 3. The van der Waals surface area contributed by atoms with Crippen LogP contribution in [0.15, 0.2) is 29.4 Å². The van der Waals surface area contributed by atoms with E-state index in [0.717, 1.165) is 11.1 Å². The van der Waals surface area contributed by atoms with Gasteiger partial charge in [-0.2, -0.15) is 0 Å². The highest BCUT2D eigenvalue weighted by atomic mass is 16.4. The average Bonchev–Trinajstić information content (AvgIpc) is 2.34. The van der Waals surface area contributed by atoms with Gasteiger partial charge in [0.15, 0.2) is 0 Å². The Kier molecular flexibility index (Phi) is 5.70. The van der Waals surface area contributed by atoms with Crippen molar-refractivity contribution >= 4 is 11.7 Å². The summed E-state index contributed by atoms with van der Waals surface area (Å²) in [5, 5.41) is 14.0. The second-order valence-corrected chi connectivity index (χ2v) is 4.21. The number of hydrogen-bond donors (Lipinski definition) is 3. The minimum Gasteiger partial charge on any atom is -0.409 e. The van der Waals surface area contributed by atoms with Crippen LogP contribution in [0.4, 0.5) is 0 Å². The van der Waals surface area contributed by atoms with Crippen LogP contribution in [-0.2, 0) is 11.2 Å². The molecular weight excluding hydrogens is 230 g/mol. The van der Waals surface area contributed by atoms with E-state index in [2.05, 4.69) is 10.5 Å². The van der Waals surface area contributed by atoms with E-state index in [-0.39, 0.29) is 11.7 Å². The zero-order valence-corrected chi connectivity index (χ0v) is 10.5. The molecule has 5 heteroatoms. The molecular formula is C13H19N3O2. The molecule has 1 rings (SSSR count). The summed E-state index contributed by atoms with van der Waals surface area (Å²) in [6, 6.07) is 7.87. The van der Waals surface area contributed by atoms with Crippen LogP contribution in [0.2, 0.25) is 0 Å². The smallest absolute Gasteiger partial charge is 0.224 e. The molecule has 0 spiro atoms. The fourth-order valence-electron chi connectivity index (χ4n) is 1.62. The monoisotopic (exact) mass is 249 g/mol.